The van der Waals surface area contributed by atoms with Crippen LogP contribution < -0.4 is 10.5 Å². The maximum absolute atomic E-state index is 11.3. The summed E-state index contributed by atoms with van der Waals surface area (Å²) in [6, 6.07) is 3.03. The monoisotopic (exact) mass is 265 g/mol. The number of nitrogens with zero attached hydrogens (tertiary/aromatic N) is 1. The molecule has 0 atom stereocenters. The summed E-state index contributed by atoms with van der Waals surface area (Å²) in [5.41, 5.74) is 1.74. The van der Waals surface area contributed by atoms with E-state index in [0.717, 1.165) is 5.56 Å². The van der Waals surface area contributed by atoms with E-state index in [9.17, 15) is 14.8 Å². The van der Waals surface area contributed by atoms with Gasteiger partial charge in [0.15, 0.2) is 0 Å². The summed E-state index contributed by atoms with van der Waals surface area (Å²) in [5, 5.41) is 31.2. The molecule has 0 aliphatic carbocycles. The number of aryl methyl sites for hydroxylation is 2. The summed E-state index contributed by atoms with van der Waals surface area (Å²) in [7, 11) is 0. The Bertz CT molecular complexity index is 527. The van der Waals surface area contributed by atoms with Gasteiger partial charge in [-0.1, -0.05) is 0 Å². The smallest absolute Gasteiger partial charge is 0.303 e. The molecular formula is C12H13N2O5-. The molecule has 7 nitrogen and oxygen atoms in total. The summed E-state index contributed by atoms with van der Waals surface area (Å²) in [6.45, 7) is 0. The van der Waals surface area contributed by atoms with Gasteiger partial charge in [0, 0.05) is 18.5 Å². The molecule has 1 heterocycles. The Kier molecular flexibility index (Phi) is 3.68. The molecular weight excluding hydrogens is 252 g/mol. The van der Waals surface area contributed by atoms with Crippen LogP contribution in [0.15, 0.2) is 12.1 Å². The second-order valence-electron chi connectivity index (χ2n) is 4.35. The minimum atomic E-state index is -0.997. The van der Waals surface area contributed by atoms with Crippen molar-refractivity contribution in [1.29, 1.82) is 0 Å². The summed E-state index contributed by atoms with van der Waals surface area (Å²) < 4.78 is 0. The van der Waals surface area contributed by atoms with Crippen molar-refractivity contribution in [2.24, 2.45) is 0 Å². The van der Waals surface area contributed by atoms with Crippen LogP contribution in [0.4, 0.5) is 11.4 Å². The third kappa shape index (κ3) is 3.01. The topological polar surface area (TPSA) is 113 Å². The van der Waals surface area contributed by atoms with Crippen LogP contribution in [0, 0.1) is 5.21 Å². The Balaban J connectivity index is 2.36. The van der Waals surface area contributed by atoms with E-state index in [-0.39, 0.29) is 29.7 Å². The van der Waals surface area contributed by atoms with Crippen molar-refractivity contribution in [3.63, 3.8) is 0 Å². The first kappa shape index (κ1) is 13.3. The van der Waals surface area contributed by atoms with Crippen molar-refractivity contribution in [3.05, 3.63) is 28.5 Å². The lowest BCUT2D eigenvalue weighted by Gasteiger charge is -2.28. The molecule has 19 heavy (non-hydrogen) atoms. The molecule has 102 valence electrons. The SMILES string of the molecule is O=C(O)CCc1cc2c(cc1N([O-])O)CCC(=O)N2. The van der Waals surface area contributed by atoms with E-state index in [0.29, 0.717) is 24.1 Å². The zero-order chi connectivity index (χ0) is 14.0. The molecule has 0 aromatic heterocycles. The fourth-order valence-corrected chi connectivity index (χ4v) is 2.08. The number of carbonyl (C=O) groups is 2. The van der Waals surface area contributed by atoms with E-state index in [1.807, 2.05) is 0 Å². The molecule has 1 aliphatic heterocycles. The fourth-order valence-electron chi connectivity index (χ4n) is 2.08. The maximum atomic E-state index is 11.3. The molecule has 7 heteroatoms. The molecule has 1 aliphatic rings. The highest BCUT2D eigenvalue weighted by atomic mass is 16.8. The van der Waals surface area contributed by atoms with Gasteiger partial charge in [-0.3, -0.25) is 14.8 Å². The first-order chi connectivity index (χ1) is 8.97. The van der Waals surface area contributed by atoms with Crippen LogP contribution in [-0.4, -0.2) is 22.2 Å². The van der Waals surface area contributed by atoms with Gasteiger partial charge in [-0.25, -0.2) is 0 Å². The number of amides is 1. The molecule has 0 unspecified atom stereocenters. The van der Waals surface area contributed by atoms with E-state index in [1.54, 1.807) is 6.07 Å². The van der Waals surface area contributed by atoms with Crippen LogP contribution in [0.2, 0.25) is 0 Å². The van der Waals surface area contributed by atoms with Crippen molar-refractivity contribution in [1.82, 2.24) is 0 Å². The number of hydrogen-bond donors (Lipinski definition) is 3. The highest BCUT2D eigenvalue weighted by Crippen LogP contribution is 2.31. The van der Waals surface area contributed by atoms with E-state index in [4.69, 9.17) is 10.3 Å². The van der Waals surface area contributed by atoms with E-state index < -0.39 is 5.97 Å². The Morgan fingerprint density at radius 1 is 1.42 bits per heavy atom. The fraction of sp³-hybridized carbons (Fsp3) is 0.333. The first-order valence-corrected chi connectivity index (χ1v) is 5.81. The third-order valence-corrected chi connectivity index (χ3v) is 3.01. The number of carbonyl (C=O) groups excluding carboxylic acids is 1. The molecule has 2 rings (SSSR count). The van der Waals surface area contributed by atoms with E-state index in [2.05, 4.69) is 5.32 Å². The number of rotatable bonds is 4. The number of anilines is 2. The maximum Gasteiger partial charge on any atom is 0.303 e. The zero-order valence-electron chi connectivity index (χ0n) is 10.0. The predicted octanol–water partition coefficient (Wildman–Crippen LogP) is 1.28. The molecule has 0 bridgehead atoms. The number of aliphatic carboxylic acids is 1. The van der Waals surface area contributed by atoms with Crippen LogP contribution in [0.25, 0.3) is 0 Å². The van der Waals surface area contributed by atoms with Crippen LogP contribution in [0.5, 0.6) is 0 Å². The highest BCUT2D eigenvalue weighted by molar-refractivity contribution is 5.94. The largest absolute Gasteiger partial charge is 0.733 e. The lowest BCUT2D eigenvalue weighted by molar-refractivity contribution is -0.137. The van der Waals surface area contributed by atoms with Gasteiger partial charge in [-0.05, 0) is 36.1 Å². The summed E-state index contributed by atoms with van der Waals surface area (Å²) >= 11 is 0. The second-order valence-corrected chi connectivity index (χ2v) is 4.35. The first-order valence-electron chi connectivity index (χ1n) is 5.81. The summed E-state index contributed by atoms with van der Waals surface area (Å²) in [6.07, 6.45) is 0.757. The van der Waals surface area contributed by atoms with Gasteiger partial charge in [0.1, 0.15) is 0 Å². The molecule has 0 saturated heterocycles. The van der Waals surface area contributed by atoms with E-state index in [1.165, 1.54) is 6.07 Å². The van der Waals surface area contributed by atoms with Gasteiger partial charge < -0.3 is 20.9 Å². The van der Waals surface area contributed by atoms with Crippen LogP contribution >= 0.6 is 0 Å². The molecule has 1 amide bonds. The second kappa shape index (κ2) is 5.25. The predicted molar refractivity (Wildman–Crippen MR) is 67.0 cm³/mol. The molecule has 0 fully saturated rings. The molecule has 0 spiro atoms. The Morgan fingerprint density at radius 3 is 2.79 bits per heavy atom. The Labute approximate surface area is 109 Å². The number of benzene rings is 1. The number of nitrogens with one attached hydrogen (secondary N) is 1. The molecule has 0 saturated carbocycles. The minimum absolute atomic E-state index is 0.0242. The number of fused-ring (bicyclic) bond motifs is 1. The van der Waals surface area contributed by atoms with Crippen molar-refractivity contribution in [2.75, 3.05) is 10.5 Å². The van der Waals surface area contributed by atoms with Crippen molar-refractivity contribution < 1.29 is 19.9 Å². The summed E-state index contributed by atoms with van der Waals surface area (Å²) in [4.78, 5) is 21.9. The van der Waals surface area contributed by atoms with Gasteiger partial charge in [-0.2, -0.15) is 0 Å². The van der Waals surface area contributed by atoms with Crippen LogP contribution in [-0.2, 0) is 22.4 Å². The molecule has 1 aromatic carbocycles. The normalized spacial score (nSPS) is 13.7. The van der Waals surface area contributed by atoms with Crippen LogP contribution in [0.3, 0.4) is 0 Å². The van der Waals surface area contributed by atoms with Gasteiger partial charge in [0.2, 0.25) is 5.91 Å². The average molecular weight is 265 g/mol. The number of carboxylic acid groups (broad SMARTS) is 1. The quantitative estimate of drug-likeness (QED) is 0.707. The molecule has 3 N–H and O–H groups in total. The number of carboxylic acids is 1. The molecule has 1 aromatic rings. The molecule has 0 radical (unpaired) electrons. The van der Waals surface area contributed by atoms with Crippen molar-refractivity contribution in [3.8, 4) is 0 Å². The lowest BCUT2D eigenvalue weighted by Crippen LogP contribution is -2.20. The lowest BCUT2D eigenvalue weighted by atomic mass is 9.97. The average Bonchev–Trinajstić information content (AvgIpc) is 2.34. The standard InChI is InChI=1S/C12H13N2O5/c15-11-3-1-7-6-10(14(18)19)8(2-4-12(16)17)5-9(7)13-11/h5-6,18H,1-4H2,(H,13,15)(H,16,17)/q-1. The summed E-state index contributed by atoms with van der Waals surface area (Å²) in [5.74, 6) is -1.12. The Hall–Kier alpha value is -2.12. The highest BCUT2D eigenvalue weighted by Gasteiger charge is 2.18. The third-order valence-electron chi connectivity index (χ3n) is 3.01. The number of hydrogen-bond acceptors (Lipinski definition) is 5. The Morgan fingerprint density at radius 2 is 2.16 bits per heavy atom. The van der Waals surface area contributed by atoms with E-state index >= 15 is 0 Å². The van der Waals surface area contributed by atoms with Gasteiger partial charge in [0.25, 0.3) is 0 Å². The van der Waals surface area contributed by atoms with Gasteiger partial charge in [0.05, 0.1) is 5.69 Å². The van der Waals surface area contributed by atoms with Gasteiger partial charge in [-0.15, -0.1) is 0 Å². The van der Waals surface area contributed by atoms with Crippen LogP contribution in [0.1, 0.15) is 24.0 Å². The van der Waals surface area contributed by atoms with Crippen molar-refractivity contribution in [2.45, 2.75) is 25.7 Å². The zero-order valence-corrected chi connectivity index (χ0v) is 10.0. The van der Waals surface area contributed by atoms with Crippen molar-refractivity contribution >= 4 is 23.3 Å². The minimum Gasteiger partial charge on any atom is -0.733 e. The van der Waals surface area contributed by atoms with Gasteiger partial charge >= 0.3 is 5.97 Å².